The number of anilines is 2. The summed E-state index contributed by atoms with van der Waals surface area (Å²) in [7, 11) is 0. The number of nitrogens with two attached hydrogens (primary N) is 1. The van der Waals surface area contributed by atoms with Crippen molar-refractivity contribution < 1.29 is 0 Å². The highest BCUT2D eigenvalue weighted by Gasteiger charge is 2.10. The topological polar surface area (TPSA) is 67.9 Å². The molecule has 106 valence electrons. The summed E-state index contributed by atoms with van der Waals surface area (Å²) in [5.41, 5.74) is 7.00. The summed E-state index contributed by atoms with van der Waals surface area (Å²) in [6.07, 6.45) is 0. The molecule has 0 bridgehead atoms. The minimum absolute atomic E-state index is 0.261. The van der Waals surface area contributed by atoms with Crippen LogP contribution in [-0.2, 0) is 0 Å². The van der Waals surface area contributed by atoms with Crippen LogP contribution in [0.4, 0.5) is 11.9 Å². The third kappa shape index (κ3) is 3.60. The maximum Gasteiger partial charge on any atom is 0.231 e. The summed E-state index contributed by atoms with van der Waals surface area (Å²) in [6.45, 7) is 7.88. The zero-order chi connectivity index (χ0) is 14.5. The van der Waals surface area contributed by atoms with Crippen LogP contribution < -0.4 is 10.6 Å². The zero-order valence-electron chi connectivity index (χ0n) is 12.0. The number of rotatable bonds is 5. The Balaban J connectivity index is 2.28. The van der Waals surface area contributed by atoms with Gasteiger partial charge in [-0.1, -0.05) is 17.7 Å². The van der Waals surface area contributed by atoms with Gasteiger partial charge in [0, 0.05) is 18.0 Å². The molecule has 1 aromatic carbocycles. The molecule has 0 unspecified atom stereocenters. The number of aromatic nitrogens is 3. The quantitative estimate of drug-likeness (QED) is 0.913. The van der Waals surface area contributed by atoms with Gasteiger partial charge in [0.2, 0.25) is 11.9 Å². The molecular formula is C14H19N5S. The van der Waals surface area contributed by atoms with Crippen molar-refractivity contribution in [2.45, 2.75) is 30.8 Å². The van der Waals surface area contributed by atoms with Crippen molar-refractivity contribution in [1.29, 1.82) is 0 Å². The van der Waals surface area contributed by atoms with E-state index in [0.717, 1.165) is 18.0 Å². The van der Waals surface area contributed by atoms with E-state index in [2.05, 4.69) is 52.8 Å². The lowest BCUT2D eigenvalue weighted by Crippen LogP contribution is -2.25. The minimum Gasteiger partial charge on any atom is -0.368 e. The highest BCUT2D eigenvalue weighted by atomic mass is 32.2. The lowest BCUT2D eigenvalue weighted by Gasteiger charge is -2.18. The molecular weight excluding hydrogens is 270 g/mol. The van der Waals surface area contributed by atoms with Crippen LogP contribution >= 0.6 is 11.8 Å². The SMILES string of the molecule is CCN(CC)c1nc(N)nc(Sc2cccc(C)c2)n1. The van der Waals surface area contributed by atoms with Crippen LogP contribution in [0.3, 0.4) is 0 Å². The number of aryl methyl sites for hydroxylation is 1. The first kappa shape index (κ1) is 14.6. The van der Waals surface area contributed by atoms with Crippen molar-refractivity contribution in [1.82, 2.24) is 15.0 Å². The third-order valence-electron chi connectivity index (χ3n) is 2.87. The van der Waals surface area contributed by atoms with Crippen molar-refractivity contribution in [3.8, 4) is 0 Å². The Bertz CT molecular complexity index is 584. The number of nitrogens with zero attached hydrogens (tertiary/aromatic N) is 4. The van der Waals surface area contributed by atoms with E-state index in [1.165, 1.54) is 17.3 Å². The van der Waals surface area contributed by atoms with Gasteiger partial charge in [-0.3, -0.25) is 0 Å². The molecule has 0 aliphatic heterocycles. The van der Waals surface area contributed by atoms with Crippen LogP contribution in [0.15, 0.2) is 34.3 Å². The van der Waals surface area contributed by atoms with Gasteiger partial charge in [-0.05, 0) is 44.7 Å². The summed E-state index contributed by atoms with van der Waals surface area (Å²) in [5, 5.41) is 0.630. The van der Waals surface area contributed by atoms with E-state index in [9.17, 15) is 0 Å². The maximum absolute atomic E-state index is 5.79. The molecule has 0 spiro atoms. The normalized spacial score (nSPS) is 10.6. The molecule has 0 amide bonds. The monoisotopic (exact) mass is 289 g/mol. The smallest absolute Gasteiger partial charge is 0.231 e. The fourth-order valence-electron chi connectivity index (χ4n) is 1.84. The molecule has 0 aliphatic carbocycles. The van der Waals surface area contributed by atoms with Crippen molar-refractivity contribution in [3.05, 3.63) is 29.8 Å². The number of hydrogen-bond donors (Lipinski definition) is 1. The Morgan fingerprint density at radius 2 is 1.90 bits per heavy atom. The fraction of sp³-hybridized carbons (Fsp3) is 0.357. The second kappa shape index (κ2) is 6.56. The Morgan fingerprint density at radius 3 is 2.55 bits per heavy atom. The largest absolute Gasteiger partial charge is 0.368 e. The van der Waals surface area contributed by atoms with Gasteiger partial charge >= 0.3 is 0 Å². The molecule has 1 aromatic heterocycles. The fourth-order valence-corrected chi connectivity index (χ4v) is 2.71. The van der Waals surface area contributed by atoms with Crippen LogP contribution in [-0.4, -0.2) is 28.0 Å². The molecule has 0 saturated heterocycles. The van der Waals surface area contributed by atoms with E-state index in [0.29, 0.717) is 11.1 Å². The van der Waals surface area contributed by atoms with Gasteiger partial charge in [0.15, 0.2) is 5.16 Å². The molecule has 0 aliphatic rings. The van der Waals surface area contributed by atoms with Crippen molar-refractivity contribution in [2.75, 3.05) is 23.7 Å². The molecule has 0 radical (unpaired) electrons. The highest BCUT2D eigenvalue weighted by Crippen LogP contribution is 2.26. The van der Waals surface area contributed by atoms with Crippen LogP contribution in [0, 0.1) is 6.92 Å². The first-order chi connectivity index (χ1) is 9.62. The molecule has 2 N–H and O–H groups in total. The van der Waals surface area contributed by atoms with Crippen molar-refractivity contribution in [3.63, 3.8) is 0 Å². The second-order valence-corrected chi connectivity index (χ2v) is 5.41. The van der Waals surface area contributed by atoms with E-state index in [1.54, 1.807) is 0 Å². The minimum atomic E-state index is 0.261. The van der Waals surface area contributed by atoms with Crippen molar-refractivity contribution >= 4 is 23.7 Å². The van der Waals surface area contributed by atoms with Gasteiger partial charge in [-0.15, -0.1) is 0 Å². The Morgan fingerprint density at radius 1 is 1.15 bits per heavy atom. The highest BCUT2D eigenvalue weighted by molar-refractivity contribution is 7.99. The second-order valence-electron chi connectivity index (χ2n) is 4.37. The van der Waals surface area contributed by atoms with E-state index in [1.807, 2.05) is 12.1 Å². The first-order valence-electron chi connectivity index (χ1n) is 6.63. The number of nitrogen functional groups attached to an aromatic ring is 1. The standard InChI is InChI=1S/C14H19N5S/c1-4-19(5-2)13-16-12(15)17-14(18-13)20-11-8-6-7-10(3)9-11/h6-9H,4-5H2,1-3H3,(H2,15,16,17,18). The van der Waals surface area contributed by atoms with Gasteiger partial charge < -0.3 is 10.6 Å². The molecule has 0 fully saturated rings. The molecule has 2 rings (SSSR count). The summed E-state index contributed by atoms with van der Waals surface area (Å²) >= 11 is 1.50. The lowest BCUT2D eigenvalue weighted by molar-refractivity contribution is 0.787. The molecule has 0 atom stereocenters. The molecule has 20 heavy (non-hydrogen) atoms. The first-order valence-corrected chi connectivity index (χ1v) is 7.45. The van der Waals surface area contributed by atoms with Crippen LogP contribution in [0.2, 0.25) is 0 Å². The molecule has 2 aromatic rings. The van der Waals surface area contributed by atoms with Crippen LogP contribution in [0.25, 0.3) is 0 Å². The number of hydrogen-bond acceptors (Lipinski definition) is 6. The van der Waals surface area contributed by atoms with Gasteiger partial charge in [0.1, 0.15) is 0 Å². The lowest BCUT2D eigenvalue weighted by atomic mass is 10.2. The van der Waals surface area contributed by atoms with E-state index in [-0.39, 0.29) is 5.95 Å². The van der Waals surface area contributed by atoms with Gasteiger partial charge in [0.25, 0.3) is 0 Å². The molecule has 6 heteroatoms. The predicted molar refractivity (Wildman–Crippen MR) is 83.1 cm³/mol. The molecule has 0 saturated carbocycles. The van der Waals surface area contributed by atoms with E-state index < -0.39 is 0 Å². The Hall–Kier alpha value is -1.82. The van der Waals surface area contributed by atoms with Crippen molar-refractivity contribution in [2.24, 2.45) is 0 Å². The average Bonchev–Trinajstić information content (AvgIpc) is 2.39. The van der Waals surface area contributed by atoms with Crippen LogP contribution in [0.5, 0.6) is 0 Å². The summed E-state index contributed by atoms with van der Waals surface area (Å²) in [5.74, 6) is 0.898. The average molecular weight is 289 g/mol. The Labute approximate surface area is 123 Å². The van der Waals surface area contributed by atoms with E-state index >= 15 is 0 Å². The summed E-state index contributed by atoms with van der Waals surface area (Å²) in [6, 6.07) is 8.22. The Kier molecular flexibility index (Phi) is 4.79. The summed E-state index contributed by atoms with van der Waals surface area (Å²) in [4.78, 5) is 16.0. The predicted octanol–water partition coefficient (Wildman–Crippen LogP) is 2.76. The van der Waals surface area contributed by atoms with Gasteiger partial charge in [-0.25, -0.2) is 0 Å². The number of benzene rings is 1. The third-order valence-corrected chi connectivity index (χ3v) is 3.72. The summed E-state index contributed by atoms with van der Waals surface area (Å²) < 4.78 is 0. The van der Waals surface area contributed by atoms with Gasteiger partial charge in [0.05, 0.1) is 0 Å². The van der Waals surface area contributed by atoms with Crippen LogP contribution in [0.1, 0.15) is 19.4 Å². The van der Waals surface area contributed by atoms with E-state index in [4.69, 9.17) is 5.73 Å². The van der Waals surface area contributed by atoms with Gasteiger partial charge in [-0.2, -0.15) is 15.0 Å². The maximum atomic E-state index is 5.79. The molecule has 5 nitrogen and oxygen atoms in total. The zero-order valence-corrected chi connectivity index (χ0v) is 12.8. The molecule has 1 heterocycles.